The van der Waals surface area contributed by atoms with Gasteiger partial charge in [0.05, 0.1) is 11.1 Å². The van der Waals surface area contributed by atoms with Crippen LogP contribution in [0.25, 0.3) is 11.6 Å². The van der Waals surface area contributed by atoms with Crippen molar-refractivity contribution >= 4 is 29.2 Å². The molecule has 0 aliphatic carbocycles. The summed E-state index contributed by atoms with van der Waals surface area (Å²) in [4.78, 5) is 2.11. The Morgan fingerprint density at radius 3 is 2.35 bits per heavy atom. The monoisotopic (exact) mass is 263 g/mol. The first kappa shape index (κ1) is 12.7. The fraction of sp³-hybridized carbons (Fsp3) is 0.167. The summed E-state index contributed by atoms with van der Waals surface area (Å²) in [6.45, 7) is 0. The first-order chi connectivity index (χ1) is 9.65. The van der Waals surface area contributed by atoms with Crippen LogP contribution in [0, 0.1) is 0 Å². The Morgan fingerprint density at radius 2 is 1.65 bits per heavy atom. The van der Waals surface area contributed by atoms with Crippen molar-refractivity contribution in [2.45, 2.75) is 0 Å². The normalized spacial score (nSPS) is 15.2. The van der Waals surface area contributed by atoms with Gasteiger partial charge in [0.2, 0.25) is 5.69 Å². The number of anilines is 1. The quantitative estimate of drug-likeness (QED) is 0.750. The van der Waals surface area contributed by atoms with E-state index < -0.39 is 0 Å². The topological polar surface area (TPSA) is 6.25 Å². The van der Waals surface area contributed by atoms with E-state index in [1.54, 1.807) is 0 Å². The number of allylic oxidation sites excluding steroid dienone is 1. The molecule has 0 bridgehead atoms. The fourth-order valence-electron chi connectivity index (χ4n) is 2.54. The van der Waals surface area contributed by atoms with Gasteiger partial charge in [-0.25, -0.2) is 4.58 Å². The Labute approximate surface area is 120 Å². The predicted molar refractivity (Wildman–Crippen MR) is 87.0 cm³/mol. The average Bonchev–Trinajstić information content (AvgIpc) is 2.77. The fourth-order valence-corrected chi connectivity index (χ4v) is 2.54. The Balaban J connectivity index is 1.98. The molecule has 100 valence electrons. The van der Waals surface area contributed by atoms with Crippen molar-refractivity contribution in [3.8, 4) is 0 Å². The van der Waals surface area contributed by atoms with Gasteiger partial charge in [0, 0.05) is 25.8 Å². The number of hydrogen-bond donors (Lipinski definition) is 0. The molecular formula is C18H19N2+. The van der Waals surface area contributed by atoms with Gasteiger partial charge >= 0.3 is 0 Å². The van der Waals surface area contributed by atoms with Crippen LogP contribution in [-0.4, -0.2) is 31.9 Å². The Kier molecular flexibility index (Phi) is 3.15. The Morgan fingerprint density at radius 1 is 0.950 bits per heavy atom. The third kappa shape index (κ3) is 2.25. The van der Waals surface area contributed by atoms with Crippen molar-refractivity contribution in [2.24, 2.45) is 0 Å². The predicted octanol–water partition coefficient (Wildman–Crippen LogP) is 3.65. The third-order valence-corrected chi connectivity index (χ3v) is 3.66. The van der Waals surface area contributed by atoms with Gasteiger partial charge in [-0.15, -0.1) is 0 Å². The zero-order chi connectivity index (χ0) is 14.1. The van der Waals surface area contributed by atoms with Crippen molar-refractivity contribution in [3.63, 3.8) is 0 Å². The maximum Gasteiger partial charge on any atom is 0.213 e. The molecular weight excluding hydrogens is 244 g/mol. The second kappa shape index (κ2) is 4.97. The lowest BCUT2D eigenvalue weighted by molar-refractivity contribution is -0.395. The molecule has 0 unspecified atom stereocenters. The lowest BCUT2D eigenvalue weighted by Gasteiger charge is -2.11. The molecule has 0 radical (unpaired) electrons. The number of fused-ring (bicyclic) bond motifs is 1. The Hall–Kier alpha value is -2.35. The van der Waals surface area contributed by atoms with Crippen LogP contribution in [-0.2, 0) is 0 Å². The number of benzene rings is 2. The first-order valence-corrected chi connectivity index (χ1v) is 6.81. The molecule has 2 aromatic carbocycles. The summed E-state index contributed by atoms with van der Waals surface area (Å²) in [5, 5.41) is 0. The highest BCUT2D eigenvalue weighted by Crippen LogP contribution is 2.31. The van der Waals surface area contributed by atoms with Crippen LogP contribution in [0.4, 0.5) is 11.4 Å². The maximum atomic E-state index is 2.24. The van der Waals surface area contributed by atoms with E-state index in [-0.39, 0.29) is 0 Å². The molecule has 2 nitrogen and oxygen atoms in total. The summed E-state index contributed by atoms with van der Waals surface area (Å²) in [5.74, 6) is 0. The molecule has 0 saturated carbocycles. The van der Waals surface area contributed by atoms with E-state index in [1.807, 2.05) is 0 Å². The van der Waals surface area contributed by atoms with Gasteiger partial charge in [0.25, 0.3) is 0 Å². The highest BCUT2D eigenvalue weighted by Gasteiger charge is 2.21. The molecule has 0 spiro atoms. The summed E-state index contributed by atoms with van der Waals surface area (Å²) in [7, 11) is 6.21. The minimum atomic E-state index is 1.22. The smallest absolute Gasteiger partial charge is 0.213 e. The molecule has 20 heavy (non-hydrogen) atoms. The SMILES string of the molecule is CN(C)c1ccc(C=C2C=[N+](C)c3ccccc32)cc1. The highest BCUT2D eigenvalue weighted by atomic mass is 15.1. The minimum Gasteiger partial charge on any atom is -0.378 e. The molecule has 2 heteroatoms. The average molecular weight is 263 g/mol. The van der Waals surface area contributed by atoms with Gasteiger partial charge in [-0.2, -0.15) is 0 Å². The largest absolute Gasteiger partial charge is 0.378 e. The zero-order valence-electron chi connectivity index (χ0n) is 12.2. The summed E-state index contributed by atoms with van der Waals surface area (Å²) in [5.41, 5.74) is 6.28. The Bertz CT molecular complexity index is 692. The van der Waals surface area contributed by atoms with Gasteiger partial charge in [0.15, 0.2) is 6.21 Å². The molecule has 1 aliphatic rings. The van der Waals surface area contributed by atoms with Gasteiger partial charge in [-0.05, 0) is 29.8 Å². The molecule has 0 saturated heterocycles. The van der Waals surface area contributed by atoms with Crippen molar-refractivity contribution in [2.75, 3.05) is 26.0 Å². The van der Waals surface area contributed by atoms with Gasteiger partial charge < -0.3 is 4.90 Å². The summed E-state index contributed by atoms with van der Waals surface area (Å²) in [6.07, 6.45) is 4.42. The summed E-state index contributed by atoms with van der Waals surface area (Å²) < 4.78 is 2.18. The van der Waals surface area contributed by atoms with Crippen molar-refractivity contribution in [1.82, 2.24) is 0 Å². The van der Waals surface area contributed by atoms with Crippen molar-refractivity contribution in [3.05, 3.63) is 59.7 Å². The van der Waals surface area contributed by atoms with E-state index in [2.05, 4.69) is 91.4 Å². The van der Waals surface area contributed by atoms with Crippen LogP contribution in [0.2, 0.25) is 0 Å². The van der Waals surface area contributed by atoms with E-state index >= 15 is 0 Å². The lowest BCUT2D eigenvalue weighted by atomic mass is 10.0. The van der Waals surface area contributed by atoms with Crippen molar-refractivity contribution in [1.29, 1.82) is 0 Å². The van der Waals surface area contributed by atoms with E-state index in [0.29, 0.717) is 0 Å². The van der Waals surface area contributed by atoms with E-state index in [1.165, 1.54) is 28.1 Å². The number of nitrogens with zero attached hydrogens (tertiary/aromatic N) is 2. The summed E-state index contributed by atoms with van der Waals surface area (Å²) >= 11 is 0. The van der Waals surface area contributed by atoms with Crippen LogP contribution in [0.3, 0.4) is 0 Å². The molecule has 1 heterocycles. The molecule has 0 aromatic heterocycles. The molecule has 0 atom stereocenters. The van der Waals surface area contributed by atoms with Crippen LogP contribution < -0.4 is 4.90 Å². The lowest BCUT2D eigenvalue weighted by Crippen LogP contribution is -2.07. The maximum absolute atomic E-state index is 2.24. The minimum absolute atomic E-state index is 1.22. The van der Waals surface area contributed by atoms with E-state index in [9.17, 15) is 0 Å². The number of hydrogen-bond acceptors (Lipinski definition) is 1. The van der Waals surface area contributed by atoms with Crippen LogP contribution >= 0.6 is 0 Å². The first-order valence-electron chi connectivity index (χ1n) is 6.81. The van der Waals surface area contributed by atoms with E-state index in [0.717, 1.165) is 0 Å². The molecule has 1 aliphatic heterocycles. The highest BCUT2D eigenvalue weighted by molar-refractivity contribution is 6.17. The van der Waals surface area contributed by atoms with Crippen molar-refractivity contribution < 1.29 is 4.58 Å². The zero-order valence-corrected chi connectivity index (χ0v) is 12.2. The number of rotatable bonds is 2. The molecule has 3 rings (SSSR count). The van der Waals surface area contributed by atoms with Crippen LogP contribution in [0.15, 0.2) is 48.5 Å². The standard InChI is InChI=1S/C18H19N2/c1-19(2)16-10-8-14(9-11-16)12-15-13-20(3)18-7-5-4-6-17(15)18/h4-13H,1-3H3/q+1. The van der Waals surface area contributed by atoms with E-state index in [4.69, 9.17) is 0 Å². The van der Waals surface area contributed by atoms with Crippen LogP contribution in [0.1, 0.15) is 11.1 Å². The summed E-state index contributed by atoms with van der Waals surface area (Å²) in [6, 6.07) is 17.1. The second-order valence-electron chi connectivity index (χ2n) is 5.34. The van der Waals surface area contributed by atoms with Gasteiger partial charge in [-0.3, -0.25) is 0 Å². The van der Waals surface area contributed by atoms with Gasteiger partial charge in [0.1, 0.15) is 7.05 Å². The van der Waals surface area contributed by atoms with Gasteiger partial charge in [-0.1, -0.05) is 24.3 Å². The second-order valence-corrected chi connectivity index (χ2v) is 5.34. The third-order valence-electron chi connectivity index (χ3n) is 3.66. The molecule has 0 fully saturated rings. The molecule has 0 N–H and O–H groups in total. The van der Waals surface area contributed by atoms with Crippen LogP contribution in [0.5, 0.6) is 0 Å². The molecule has 0 amide bonds. The molecule has 2 aromatic rings. The number of para-hydroxylation sites is 1.